The molecule has 0 saturated heterocycles. The zero-order valence-electron chi connectivity index (χ0n) is 16.2. The van der Waals surface area contributed by atoms with Crippen LogP contribution in [0, 0.1) is 5.82 Å². The average molecular weight is 474 g/mol. The van der Waals surface area contributed by atoms with Gasteiger partial charge in [0.15, 0.2) is 0 Å². The number of benzene rings is 2. The third-order valence-electron chi connectivity index (χ3n) is 5.33. The molecule has 156 valence electrons. The molecule has 2 N–H and O–H groups in total. The van der Waals surface area contributed by atoms with E-state index in [9.17, 15) is 18.8 Å². The Hall–Kier alpha value is -2.74. The van der Waals surface area contributed by atoms with E-state index in [4.69, 9.17) is 0 Å². The maximum absolute atomic E-state index is 13.3. The number of rotatable bonds is 7. The van der Waals surface area contributed by atoms with E-state index in [0.717, 1.165) is 18.4 Å². The normalized spacial score (nSPS) is 17.6. The van der Waals surface area contributed by atoms with Crippen molar-refractivity contribution in [3.63, 3.8) is 0 Å². The van der Waals surface area contributed by atoms with Gasteiger partial charge in [0.1, 0.15) is 11.9 Å². The lowest BCUT2D eigenvalue weighted by Gasteiger charge is -2.24. The fourth-order valence-electron chi connectivity index (χ4n) is 3.70. The first-order valence-corrected chi connectivity index (χ1v) is 10.6. The van der Waals surface area contributed by atoms with Crippen molar-refractivity contribution >= 4 is 33.7 Å². The summed E-state index contributed by atoms with van der Waals surface area (Å²) in [6, 6.07) is 11.2. The lowest BCUT2D eigenvalue weighted by Crippen LogP contribution is -2.44. The van der Waals surface area contributed by atoms with Gasteiger partial charge in [0.2, 0.25) is 11.8 Å². The van der Waals surface area contributed by atoms with Crippen LogP contribution in [0.2, 0.25) is 0 Å². The van der Waals surface area contributed by atoms with Crippen molar-refractivity contribution in [2.75, 3.05) is 13.1 Å². The van der Waals surface area contributed by atoms with Gasteiger partial charge < -0.3 is 15.5 Å². The fourth-order valence-corrected chi connectivity index (χ4v) is 4.13. The Morgan fingerprint density at radius 3 is 2.63 bits per heavy atom. The molecule has 1 aliphatic carbocycles. The highest BCUT2D eigenvalue weighted by molar-refractivity contribution is 9.10. The van der Waals surface area contributed by atoms with E-state index in [2.05, 4.69) is 26.6 Å². The number of carbonyl (C=O) groups is 3. The van der Waals surface area contributed by atoms with Gasteiger partial charge in [-0.3, -0.25) is 14.4 Å². The van der Waals surface area contributed by atoms with E-state index in [0.29, 0.717) is 28.6 Å². The molecule has 1 aliphatic heterocycles. The molecule has 30 heavy (non-hydrogen) atoms. The summed E-state index contributed by atoms with van der Waals surface area (Å²) < 4.78 is 13.6. The molecule has 3 amide bonds. The summed E-state index contributed by atoms with van der Waals surface area (Å²) in [4.78, 5) is 39.3. The summed E-state index contributed by atoms with van der Waals surface area (Å²) in [5, 5.41) is 5.40. The summed E-state index contributed by atoms with van der Waals surface area (Å²) in [6.07, 6.45) is 2.32. The third kappa shape index (κ3) is 4.23. The molecule has 2 aromatic carbocycles. The molecule has 0 radical (unpaired) electrons. The predicted molar refractivity (Wildman–Crippen MR) is 112 cm³/mol. The Labute approximate surface area is 182 Å². The van der Waals surface area contributed by atoms with Crippen molar-refractivity contribution in [1.29, 1.82) is 0 Å². The highest BCUT2D eigenvalue weighted by atomic mass is 79.9. The molecule has 4 rings (SSSR count). The maximum atomic E-state index is 13.3. The summed E-state index contributed by atoms with van der Waals surface area (Å²) in [7, 11) is 0. The lowest BCUT2D eigenvalue weighted by molar-refractivity contribution is -0.129. The van der Waals surface area contributed by atoms with Gasteiger partial charge in [-0.25, -0.2) is 4.39 Å². The molecule has 6 nitrogen and oxygen atoms in total. The van der Waals surface area contributed by atoms with Gasteiger partial charge in [-0.2, -0.15) is 0 Å². The number of hydrogen-bond acceptors (Lipinski definition) is 3. The number of fused-ring (bicyclic) bond motifs is 1. The minimum atomic E-state index is -0.689. The largest absolute Gasteiger partial charge is 0.354 e. The highest BCUT2D eigenvalue weighted by Crippen LogP contribution is 2.41. The minimum Gasteiger partial charge on any atom is -0.354 e. The number of halogens is 2. The predicted octanol–water partition coefficient (Wildman–Crippen LogP) is 2.72. The Balaban J connectivity index is 1.31. The van der Waals surface area contributed by atoms with Gasteiger partial charge >= 0.3 is 0 Å². The van der Waals surface area contributed by atoms with Gasteiger partial charge in [-0.1, -0.05) is 24.3 Å². The van der Waals surface area contributed by atoms with Crippen molar-refractivity contribution in [3.8, 4) is 0 Å². The Bertz CT molecular complexity index is 1010. The Morgan fingerprint density at radius 2 is 1.90 bits per heavy atom. The van der Waals surface area contributed by atoms with Gasteiger partial charge in [0.05, 0.1) is 11.0 Å². The van der Waals surface area contributed by atoms with E-state index in [1.54, 1.807) is 35.2 Å². The lowest BCUT2D eigenvalue weighted by atomic mass is 10.0. The van der Waals surface area contributed by atoms with E-state index in [-0.39, 0.29) is 36.1 Å². The first kappa shape index (κ1) is 20.5. The molecule has 1 unspecified atom stereocenters. The van der Waals surface area contributed by atoms with E-state index >= 15 is 0 Å². The van der Waals surface area contributed by atoms with Gasteiger partial charge in [0, 0.05) is 18.2 Å². The van der Waals surface area contributed by atoms with E-state index in [1.165, 1.54) is 6.07 Å². The SMILES string of the molecule is O=C(CNC(=O)C1c2ccccc2C(=O)N1C1CC1)NCCc1ccc(F)c(Br)c1. The van der Waals surface area contributed by atoms with Crippen LogP contribution in [-0.4, -0.2) is 41.8 Å². The summed E-state index contributed by atoms with van der Waals surface area (Å²) >= 11 is 3.14. The van der Waals surface area contributed by atoms with Crippen LogP contribution in [0.5, 0.6) is 0 Å². The molecule has 1 fully saturated rings. The van der Waals surface area contributed by atoms with Crippen molar-refractivity contribution < 1.29 is 18.8 Å². The van der Waals surface area contributed by atoms with Crippen molar-refractivity contribution in [2.24, 2.45) is 0 Å². The molecule has 2 aliphatic rings. The Kier molecular flexibility index (Phi) is 5.85. The topological polar surface area (TPSA) is 78.5 Å². The average Bonchev–Trinajstić information content (AvgIpc) is 3.53. The van der Waals surface area contributed by atoms with Crippen LogP contribution in [0.4, 0.5) is 4.39 Å². The highest BCUT2D eigenvalue weighted by Gasteiger charge is 2.47. The van der Waals surface area contributed by atoms with Crippen molar-refractivity contribution in [3.05, 3.63) is 69.4 Å². The molecule has 1 heterocycles. The monoisotopic (exact) mass is 473 g/mol. The first-order chi connectivity index (χ1) is 14.5. The second-order valence-corrected chi connectivity index (χ2v) is 8.35. The third-order valence-corrected chi connectivity index (χ3v) is 5.94. The molecule has 1 saturated carbocycles. The number of hydrogen-bond donors (Lipinski definition) is 2. The summed E-state index contributed by atoms with van der Waals surface area (Å²) in [6.45, 7) is 0.197. The number of nitrogens with one attached hydrogen (secondary N) is 2. The quantitative estimate of drug-likeness (QED) is 0.648. The van der Waals surface area contributed by atoms with E-state index < -0.39 is 6.04 Å². The molecule has 0 spiro atoms. The fraction of sp³-hybridized carbons (Fsp3) is 0.318. The first-order valence-electron chi connectivity index (χ1n) is 9.85. The van der Waals surface area contributed by atoms with Crippen LogP contribution in [0.15, 0.2) is 46.9 Å². The second-order valence-electron chi connectivity index (χ2n) is 7.50. The number of amides is 3. The smallest absolute Gasteiger partial charge is 0.255 e. The van der Waals surface area contributed by atoms with Gasteiger partial charge in [-0.15, -0.1) is 0 Å². The van der Waals surface area contributed by atoms with Crippen LogP contribution in [0.1, 0.15) is 40.4 Å². The van der Waals surface area contributed by atoms with Crippen molar-refractivity contribution in [1.82, 2.24) is 15.5 Å². The molecule has 0 aromatic heterocycles. The standard InChI is InChI=1S/C22H21BrFN3O3/c23-17-11-13(5-8-18(17)24)9-10-25-19(28)12-26-21(29)20-15-3-1-2-4-16(15)22(30)27(20)14-6-7-14/h1-5,8,11,14,20H,6-7,9-10,12H2,(H,25,28)(H,26,29). The second kappa shape index (κ2) is 8.55. The van der Waals surface area contributed by atoms with Crippen molar-refractivity contribution in [2.45, 2.75) is 31.3 Å². The molecular formula is C22H21BrFN3O3. The molecule has 1 atom stereocenters. The number of nitrogens with zero attached hydrogens (tertiary/aromatic N) is 1. The van der Waals surface area contributed by atoms with E-state index in [1.807, 2.05) is 6.07 Å². The molecular weight excluding hydrogens is 453 g/mol. The zero-order chi connectivity index (χ0) is 21.3. The molecule has 8 heteroatoms. The van der Waals surface area contributed by atoms with Gasteiger partial charge in [-0.05, 0) is 64.5 Å². The minimum absolute atomic E-state index is 0.0875. The number of carbonyl (C=O) groups excluding carboxylic acids is 3. The summed E-state index contributed by atoms with van der Waals surface area (Å²) in [5.74, 6) is -1.13. The summed E-state index contributed by atoms with van der Waals surface area (Å²) in [5.41, 5.74) is 2.13. The maximum Gasteiger partial charge on any atom is 0.255 e. The van der Waals surface area contributed by atoms with Crippen LogP contribution >= 0.6 is 15.9 Å². The molecule has 0 bridgehead atoms. The molecule has 2 aromatic rings. The van der Waals surface area contributed by atoms with Gasteiger partial charge in [0.25, 0.3) is 5.91 Å². The van der Waals surface area contributed by atoms with Crippen LogP contribution < -0.4 is 10.6 Å². The van der Waals surface area contributed by atoms with Crippen LogP contribution in [0.3, 0.4) is 0 Å². The van der Waals surface area contributed by atoms with Crippen LogP contribution in [0.25, 0.3) is 0 Å². The van der Waals surface area contributed by atoms with Crippen LogP contribution in [-0.2, 0) is 16.0 Å². The zero-order valence-corrected chi connectivity index (χ0v) is 17.7. The Morgan fingerprint density at radius 1 is 1.13 bits per heavy atom.